The van der Waals surface area contributed by atoms with Crippen LogP contribution in [0.15, 0.2) is 24.5 Å². The summed E-state index contributed by atoms with van der Waals surface area (Å²) >= 11 is 0. The van der Waals surface area contributed by atoms with E-state index in [9.17, 15) is 4.79 Å². The van der Waals surface area contributed by atoms with Gasteiger partial charge in [-0.2, -0.15) is 0 Å². The van der Waals surface area contributed by atoms with Crippen molar-refractivity contribution in [2.24, 2.45) is 11.3 Å². The van der Waals surface area contributed by atoms with E-state index in [1.54, 1.807) is 19.5 Å². The molecule has 0 radical (unpaired) electrons. The van der Waals surface area contributed by atoms with Gasteiger partial charge in [0.05, 0.1) is 18.2 Å². The van der Waals surface area contributed by atoms with E-state index in [-0.39, 0.29) is 11.3 Å². The molecule has 6 heteroatoms. The Morgan fingerprint density at radius 2 is 2.00 bits per heavy atom. The molecule has 2 heterocycles. The van der Waals surface area contributed by atoms with Gasteiger partial charge in [0.15, 0.2) is 0 Å². The Balaban J connectivity index is 2.09. The number of hydrogen-bond donors (Lipinski definition) is 2. The van der Waals surface area contributed by atoms with Gasteiger partial charge in [0.25, 0.3) is 0 Å². The van der Waals surface area contributed by atoms with Crippen molar-refractivity contribution in [1.29, 1.82) is 0 Å². The number of nitrogens with one attached hydrogen (secondary N) is 2. The molecule has 6 nitrogen and oxygen atoms in total. The van der Waals surface area contributed by atoms with Gasteiger partial charge >= 0.3 is 0 Å². The molecule has 3 rings (SSSR count). The number of nitrogens with zero attached hydrogens (tertiary/aromatic N) is 2. The Morgan fingerprint density at radius 1 is 1.30 bits per heavy atom. The maximum absolute atomic E-state index is 12.9. The third-order valence-electron chi connectivity index (χ3n) is 5.01. The third-order valence-corrected chi connectivity index (χ3v) is 5.01. The highest BCUT2D eigenvalue weighted by atomic mass is 16.5. The lowest BCUT2D eigenvalue weighted by Crippen LogP contribution is -2.57. The van der Waals surface area contributed by atoms with E-state index in [0.29, 0.717) is 24.6 Å². The van der Waals surface area contributed by atoms with Crippen molar-refractivity contribution >= 4 is 16.9 Å². The topological polar surface area (TPSA) is 76.1 Å². The monoisotopic (exact) mass is 370 g/mol. The lowest BCUT2D eigenvalue weighted by molar-refractivity contribution is -0.125. The summed E-state index contributed by atoms with van der Waals surface area (Å²) in [6, 6.07) is 3.94. The molecule has 1 aromatic carbocycles. The van der Waals surface area contributed by atoms with E-state index in [2.05, 4.69) is 48.3 Å². The van der Waals surface area contributed by atoms with Gasteiger partial charge in [-0.15, -0.1) is 0 Å². The van der Waals surface area contributed by atoms with E-state index in [1.165, 1.54) is 0 Å². The number of carbonyl (C=O) groups is 1. The van der Waals surface area contributed by atoms with Gasteiger partial charge in [0.1, 0.15) is 11.3 Å². The molecule has 1 amide bonds. The summed E-state index contributed by atoms with van der Waals surface area (Å²) in [5.41, 5.74) is 1.91. The molecule has 146 valence electrons. The normalized spacial score (nSPS) is 23.2. The molecule has 1 aliphatic heterocycles. The molecule has 0 bridgehead atoms. The lowest BCUT2D eigenvalue weighted by atomic mass is 9.77. The summed E-state index contributed by atoms with van der Waals surface area (Å²) in [5.74, 6) is 1.18. The number of ether oxygens (including phenoxy) is 1. The van der Waals surface area contributed by atoms with Crippen molar-refractivity contribution in [1.82, 2.24) is 20.6 Å². The van der Waals surface area contributed by atoms with Crippen LogP contribution in [0.25, 0.3) is 11.0 Å². The first-order valence-electron chi connectivity index (χ1n) is 9.54. The van der Waals surface area contributed by atoms with Crippen molar-refractivity contribution in [3.8, 4) is 5.75 Å². The van der Waals surface area contributed by atoms with E-state index < -0.39 is 5.54 Å². The van der Waals surface area contributed by atoms with Crippen LogP contribution in [0.3, 0.4) is 0 Å². The van der Waals surface area contributed by atoms with E-state index in [1.807, 2.05) is 12.1 Å². The van der Waals surface area contributed by atoms with Crippen LogP contribution in [0, 0.1) is 11.3 Å². The Bertz CT molecular complexity index is 831. The predicted octanol–water partition coefficient (Wildman–Crippen LogP) is 3.02. The Hall–Kier alpha value is -2.21. The second kappa shape index (κ2) is 7.43. The lowest BCUT2D eigenvalue weighted by Gasteiger charge is -2.42. The van der Waals surface area contributed by atoms with Gasteiger partial charge < -0.3 is 15.4 Å². The van der Waals surface area contributed by atoms with Crippen LogP contribution in [-0.4, -0.2) is 36.1 Å². The van der Waals surface area contributed by atoms with Gasteiger partial charge in [-0.1, -0.05) is 33.8 Å². The molecule has 2 aromatic rings. The van der Waals surface area contributed by atoms with Crippen molar-refractivity contribution < 1.29 is 9.53 Å². The van der Waals surface area contributed by atoms with E-state index >= 15 is 0 Å². The van der Waals surface area contributed by atoms with Crippen LogP contribution < -0.4 is 15.4 Å². The van der Waals surface area contributed by atoms with Crippen LogP contribution in [0.2, 0.25) is 0 Å². The maximum Gasteiger partial charge on any atom is 0.221 e. The van der Waals surface area contributed by atoms with Gasteiger partial charge in [0.2, 0.25) is 5.91 Å². The summed E-state index contributed by atoms with van der Waals surface area (Å²) in [7, 11) is 1.63. The Morgan fingerprint density at radius 3 is 2.63 bits per heavy atom. The quantitative estimate of drug-likeness (QED) is 0.865. The fourth-order valence-electron chi connectivity index (χ4n) is 4.01. The predicted molar refractivity (Wildman–Crippen MR) is 107 cm³/mol. The summed E-state index contributed by atoms with van der Waals surface area (Å²) in [4.78, 5) is 21.9. The molecule has 0 saturated carbocycles. The van der Waals surface area contributed by atoms with Crippen LogP contribution in [0.5, 0.6) is 5.75 Å². The van der Waals surface area contributed by atoms with Crippen LogP contribution in [0.4, 0.5) is 0 Å². The molecule has 1 saturated heterocycles. The van der Waals surface area contributed by atoms with Gasteiger partial charge in [-0.3, -0.25) is 9.78 Å². The highest BCUT2D eigenvalue weighted by Crippen LogP contribution is 2.37. The SMILES string of the molecule is COc1ccc([C@@]2(NC(=O)CC(C)(C)C)CNC[C@@H](C)C2)c2nccnc12. The first kappa shape index (κ1) is 19.5. The van der Waals surface area contributed by atoms with Crippen molar-refractivity contribution in [3.63, 3.8) is 0 Å². The highest BCUT2D eigenvalue weighted by molar-refractivity contribution is 5.86. The number of hydrogen-bond acceptors (Lipinski definition) is 5. The number of rotatable bonds is 4. The number of aromatic nitrogens is 2. The number of benzene rings is 1. The molecular weight excluding hydrogens is 340 g/mol. The number of methoxy groups -OCH3 is 1. The highest BCUT2D eigenvalue weighted by Gasteiger charge is 2.40. The maximum atomic E-state index is 12.9. The summed E-state index contributed by atoms with van der Waals surface area (Å²) < 4.78 is 5.47. The van der Waals surface area contributed by atoms with Gasteiger partial charge in [-0.25, -0.2) is 4.98 Å². The molecule has 2 atom stereocenters. The summed E-state index contributed by atoms with van der Waals surface area (Å²) in [6.07, 6.45) is 4.69. The summed E-state index contributed by atoms with van der Waals surface area (Å²) in [5, 5.41) is 6.85. The van der Waals surface area contributed by atoms with Crippen LogP contribution in [-0.2, 0) is 10.3 Å². The number of carbonyl (C=O) groups excluding carboxylic acids is 1. The van der Waals surface area contributed by atoms with Crippen LogP contribution >= 0.6 is 0 Å². The van der Waals surface area contributed by atoms with E-state index in [0.717, 1.165) is 29.6 Å². The van der Waals surface area contributed by atoms with Crippen molar-refractivity contribution in [3.05, 3.63) is 30.1 Å². The zero-order chi connectivity index (χ0) is 19.7. The van der Waals surface area contributed by atoms with Gasteiger partial charge in [0, 0.05) is 30.9 Å². The molecule has 0 aliphatic carbocycles. The fourth-order valence-corrected chi connectivity index (χ4v) is 4.01. The van der Waals surface area contributed by atoms with Gasteiger partial charge in [-0.05, 0) is 30.4 Å². The number of piperidine rings is 1. The Kier molecular flexibility index (Phi) is 5.38. The average molecular weight is 370 g/mol. The minimum Gasteiger partial charge on any atom is -0.494 e. The molecule has 2 N–H and O–H groups in total. The van der Waals surface area contributed by atoms with Crippen molar-refractivity contribution in [2.75, 3.05) is 20.2 Å². The zero-order valence-electron chi connectivity index (χ0n) is 16.9. The second-order valence-corrected chi connectivity index (χ2v) is 8.88. The average Bonchev–Trinajstić information content (AvgIpc) is 2.59. The molecule has 27 heavy (non-hydrogen) atoms. The largest absolute Gasteiger partial charge is 0.494 e. The number of fused-ring (bicyclic) bond motifs is 1. The standard InChI is InChI=1S/C21H30N4O2/c1-14-10-21(13-22-12-14,25-17(26)11-20(2,3)4)15-6-7-16(27-5)19-18(15)23-8-9-24-19/h6-9,14,22H,10-13H2,1-5H3,(H,25,26)/t14-,21-/m0/s1. The smallest absolute Gasteiger partial charge is 0.221 e. The molecule has 1 aromatic heterocycles. The molecule has 0 spiro atoms. The zero-order valence-corrected chi connectivity index (χ0v) is 16.9. The molecular formula is C21H30N4O2. The second-order valence-electron chi connectivity index (χ2n) is 8.88. The Labute approximate surface area is 161 Å². The first-order valence-corrected chi connectivity index (χ1v) is 9.54. The van der Waals surface area contributed by atoms with Crippen LogP contribution in [0.1, 0.15) is 46.1 Å². The first-order chi connectivity index (χ1) is 12.7. The summed E-state index contributed by atoms with van der Waals surface area (Å²) in [6.45, 7) is 10.1. The molecule has 1 aliphatic rings. The minimum absolute atomic E-state index is 0.0614. The molecule has 0 unspecified atom stereocenters. The number of amides is 1. The fraction of sp³-hybridized carbons (Fsp3) is 0.571. The third kappa shape index (κ3) is 4.21. The molecule has 1 fully saturated rings. The minimum atomic E-state index is -0.513. The van der Waals surface area contributed by atoms with Crippen molar-refractivity contribution in [2.45, 2.75) is 46.1 Å². The van der Waals surface area contributed by atoms with E-state index in [4.69, 9.17) is 4.74 Å².